The van der Waals surface area contributed by atoms with Crippen molar-refractivity contribution in [2.24, 2.45) is 11.8 Å². The molecule has 1 aromatic carbocycles. The first-order valence-electron chi connectivity index (χ1n) is 10.5. The molecule has 1 aliphatic carbocycles. The number of halogens is 1. The summed E-state index contributed by atoms with van der Waals surface area (Å²) >= 11 is 5.98. The van der Waals surface area contributed by atoms with E-state index in [2.05, 4.69) is 5.32 Å². The van der Waals surface area contributed by atoms with Gasteiger partial charge in [-0.2, -0.15) is 0 Å². The monoisotopic (exact) mass is 404 g/mol. The molecule has 1 saturated carbocycles. The first-order valence-corrected chi connectivity index (χ1v) is 10.9. The van der Waals surface area contributed by atoms with Gasteiger partial charge in [-0.25, -0.2) is 0 Å². The Morgan fingerprint density at radius 2 is 1.86 bits per heavy atom. The first kappa shape index (κ1) is 19.7. The molecule has 4 rings (SSSR count). The Labute approximate surface area is 171 Å². The number of ether oxygens (including phenoxy) is 1. The van der Waals surface area contributed by atoms with Gasteiger partial charge in [0.05, 0.1) is 5.41 Å². The number of carbonyl (C=O) groups excluding carboxylic acids is 2. The average Bonchev–Trinajstić information content (AvgIpc) is 3.55. The first-order chi connectivity index (χ1) is 13.6. The molecule has 2 saturated heterocycles. The van der Waals surface area contributed by atoms with Gasteiger partial charge in [-0.1, -0.05) is 23.7 Å². The summed E-state index contributed by atoms with van der Waals surface area (Å²) < 4.78 is 5.38. The van der Waals surface area contributed by atoms with E-state index < -0.39 is 0 Å². The van der Waals surface area contributed by atoms with E-state index in [4.69, 9.17) is 16.3 Å². The normalized spacial score (nSPS) is 24.6. The highest BCUT2D eigenvalue weighted by atomic mass is 35.5. The highest BCUT2D eigenvalue weighted by Gasteiger charge is 2.51. The maximum absolute atomic E-state index is 12.9. The van der Waals surface area contributed by atoms with Gasteiger partial charge in [0, 0.05) is 43.8 Å². The van der Waals surface area contributed by atoms with Crippen molar-refractivity contribution in [1.29, 1.82) is 0 Å². The zero-order valence-corrected chi connectivity index (χ0v) is 17.0. The molecule has 1 aromatic rings. The van der Waals surface area contributed by atoms with Crippen LogP contribution >= 0.6 is 11.6 Å². The van der Waals surface area contributed by atoms with Gasteiger partial charge in [-0.15, -0.1) is 0 Å². The van der Waals surface area contributed by atoms with Crippen LogP contribution in [0.3, 0.4) is 0 Å². The summed E-state index contributed by atoms with van der Waals surface area (Å²) in [7, 11) is 0. The maximum Gasteiger partial charge on any atom is 0.230 e. The average molecular weight is 405 g/mol. The number of hydrogen-bond donors (Lipinski definition) is 1. The van der Waals surface area contributed by atoms with Crippen LogP contribution < -0.4 is 5.32 Å². The summed E-state index contributed by atoms with van der Waals surface area (Å²) in [6, 6.07) is 7.63. The second kappa shape index (κ2) is 8.42. The number of carbonyl (C=O) groups is 2. The van der Waals surface area contributed by atoms with Crippen LogP contribution in [-0.4, -0.2) is 49.6 Å². The Morgan fingerprint density at radius 1 is 1.14 bits per heavy atom. The molecule has 1 N–H and O–H groups in total. The van der Waals surface area contributed by atoms with Crippen LogP contribution in [0.15, 0.2) is 24.3 Å². The molecule has 2 heterocycles. The lowest BCUT2D eigenvalue weighted by Crippen LogP contribution is -2.47. The van der Waals surface area contributed by atoms with Crippen LogP contribution in [0.4, 0.5) is 0 Å². The van der Waals surface area contributed by atoms with Gasteiger partial charge in [-0.3, -0.25) is 9.59 Å². The molecule has 152 valence electrons. The van der Waals surface area contributed by atoms with E-state index in [1.54, 1.807) is 0 Å². The molecule has 0 spiro atoms. The predicted octanol–water partition coefficient (Wildman–Crippen LogP) is 3.15. The van der Waals surface area contributed by atoms with Crippen LogP contribution in [0.5, 0.6) is 0 Å². The summed E-state index contributed by atoms with van der Waals surface area (Å²) in [5, 5.41) is 3.87. The number of nitrogens with one attached hydrogen (secondary N) is 1. The minimum Gasteiger partial charge on any atom is -0.381 e. The number of hydrogen-bond acceptors (Lipinski definition) is 3. The lowest BCUT2D eigenvalue weighted by Gasteiger charge is -2.36. The molecule has 0 aromatic heterocycles. The molecule has 1 atom stereocenters. The molecule has 3 aliphatic rings. The van der Waals surface area contributed by atoms with E-state index in [1.807, 2.05) is 29.2 Å². The van der Waals surface area contributed by atoms with E-state index >= 15 is 0 Å². The van der Waals surface area contributed by atoms with Crippen molar-refractivity contribution in [2.75, 3.05) is 32.8 Å². The molecule has 5 nitrogen and oxygen atoms in total. The zero-order valence-electron chi connectivity index (χ0n) is 16.3. The van der Waals surface area contributed by atoms with Crippen molar-refractivity contribution in [3.63, 3.8) is 0 Å². The van der Waals surface area contributed by atoms with E-state index in [9.17, 15) is 9.59 Å². The Kier molecular flexibility index (Phi) is 5.93. The molecule has 2 aliphatic heterocycles. The number of piperidine rings is 1. The van der Waals surface area contributed by atoms with Gasteiger partial charge >= 0.3 is 0 Å². The molecular formula is C22H29ClN2O3. The Bertz CT molecular complexity index is 711. The largest absolute Gasteiger partial charge is 0.381 e. The second-order valence-corrected chi connectivity index (χ2v) is 8.91. The van der Waals surface area contributed by atoms with Gasteiger partial charge in [0.15, 0.2) is 0 Å². The SMILES string of the molecule is O=C(C1CCOCC1)N1CCCC(CNC(=O)C2(c3ccc(Cl)cc3)CC2)C1. The topological polar surface area (TPSA) is 58.6 Å². The highest BCUT2D eigenvalue weighted by molar-refractivity contribution is 6.30. The van der Waals surface area contributed by atoms with Crippen molar-refractivity contribution in [2.45, 2.75) is 43.9 Å². The maximum atomic E-state index is 12.9. The van der Waals surface area contributed by atoms with E-state index in [0.29, 0.717) is 30.7 Å². The fraction of sp³-hybridized carbons (Fsp3) is 0.636. The van der Waals surface area contributed by atoms with E-state index in [1.165, 1.54) is 0 Å². The molecule has 0 radical (unpaired) electrons. The second-order valence-electron chi connectivity index (χ2n) is 8.48. The van der Waals surface area contributed by atoms with Gasteiger partial charge in [0.2, 0.25) is 11.8 Å². The minimum absolute atomic E-state index is 0.113. The Hall–Kier alpha value is -1.59. The zero-order chi connectivity index (χ0) is 19.6. The van der Waals surface area contributed by atoms with Crippen molar-refractivity contribution < 1.29 is 14.3 Å². The molecular weight excluding hydrogens is 376 g/mol. The third-order valence-electron chi connectivity index (χ3n) is 6.53. The molecule has 6 heteroatoms. The number of rotatable bonds is 5. The lowest BCUT2D eigenvalue weighted by atomic mass is 9.92. The van der Waals surface area contributed by atoms with Crippen LogP contribution in [-0.2, 0) is 19.7 Å². The van der Waals surface area contributed by atoms with Gasteiger partial charge in [0.1, 0.15) is 0 Å². The van der Waals surface area contributed by atoms with Crippen molar-refractivity contribution in [3.8, 4) is 0 Å². The summed E-state index contributed by atoms with van der Waals surface area (Å²) in [4.78, 5) is 27.7. The van der Waals surface area contributed by atoms with Crippen molar-refractivity contribution in [3.05, 3.63) is 34.9 Å². The smallest absolute Gasteiger partial charge is 0.230 e. The van der Waals surface area contributed by atoms with Crippen LogP contribution in [0.1, 0.15) is 44.1 Å². The number of likely N-dealkylation sites (tertiary alicyclic amines) is 1. The van der Waals surface area contributed by atoms with Crippen molar-refractivity contribution >= 4 is 23.4 Å². The predicted molar refractivity (Wildman–Crippen MR) is 108 cm³/mol. The summed E-state index contributed by atoms with van der Waals surface area (Å²) in [5.74, 6) is 0.839. The number of nitrogens with zero attached hydrogens (tertiary/aromatic N) is 1. The minimum atomic E-state index is -0.378. The Morgan fingerprint density at radius 3 is 2.54 bits per heavy atom. The molecule has 28 heavy (non-hydrogen) atoms. The third kappa shape index (κ3) is 4.20. The van der Waals surface area contributed by atoms with E-state index in [0.717, 1.165) is 57.2 Å². The van der Waals surface area contributed by atoms with Gasteiger partial charge in [0.25, 0.3) is 0 Å². The van der Waals surface area contributed by atoms with Gasteiger partial charge < -0.3 is 15.0 Å². The molecule has 0 bridgehead atoms. The molecule has 2 amide bonds. The summed E-state index contributed by atoms with van der Waals surface area (Å²) in [6.07, 6.45) is 5.52. The fourth-order valence-electron chi connectivity index (χ4n) is 4.58. The summed E-state index contributed by atoms with van der Waals surface area (Å²) in [5.41, 5.74) is 0.672. The Balaban J connectivity index is 1.30. The van der Waals surface area contributed by atoms with Crippen LogP contribution in [0.2, 0.25) is 5.02 Å². The standard InChI is InChI=1S/C22H29ClN2O3/c23-19-5-3-18(4-6-19)22(9-10-22)21(27)24-14-16-2-1-11-25(15-16)20(26)17-7-12-28-13-8-17/h3-6,16-17H,1-2,7-15H2,(H,24,27). The van der Waals surface area contributed by atoms with Crippen LogP contribution in [0, 0.1) is 11.8 Å². The molecule has 3 fully saturated rings. The number of benzene rings is 1. The highest BCUT2D eigenvalue weighted by Crippen LogP contribution is 2.48. The fourth-order valence-corrected chi connectivity index (χ4v) is 4.71. The lowest BCUT2D eigenvalue weighted by molar-refractivity contribution is -0.140. The summed E-state index contributed by atoms with van der Waals surface area (Å²) in [6.45, 7) is 3.62. The van der Waals surface area contributed by atoms with Crippen LogP contribution in [0.25, 0.3) is 0 Å². The van der Waals surface area contributed by atoms with Gasteiger partial charge in [-0.05, 0) is 62.1 Å². The quantitative estimate of drug-likeness (QED) is 0.820. The van der Waals surface area contributed by atoms with E-state index in [-0.39, 0.29) is 23.1 Å². The third-order valence-corrected chi connectivity index (χ3v) is 6.79. The number of amides is 2. The molecule has 1 unspecified atom stereocenters. The van der Waals surface area contributed by atoms with Crippen molar-refractivity contribution in [1.82, 2.24) is 10.2 Å².